The molecular weight excluding hydrogens is 415 g/mol. The van der Waals surface area contributed by atoms with Crippen molar-refractivity contribution in [1.82, 2.24) is 4.90 Å². The Morgan fingerprint density at radius 3 is 2.57 bits per heavy atom. The molecular formula is C21H24Cl2N2O2S. The Kier molecular flexibility index (Phi) is 6.46. The lowest BCUT2D eigenvalue weighted by Gasteiger charge is -2.43. The Balaban J connectivity index is 1.67. The van der Waals surface area contributed by atoms with Crippen molar-refractivity contribution in [1.29, 1.82) is 0 Å². The summed E-state index contributed by atoms with van der Waals surface area (Å²) in [5.41, 5.74) is 1.08. The summed E-state index contributed by atoms with van der Waals surface area (Å²) in [6.45, 7) is 7.35. The molecule has 1 saturated heterocycles. The monoisotopic (exact) mass is 438 g/mol. The lowest BCUT2D eigenvalue weighted by molar-refractivity contribution is 0.171. The van der Waals surface area contributed by atoms with Crippen LogP contribution in [0.2, 0.25) is 10.0 Å². The van der Waals surface area contributed by atoms with Gasteiger partial charge in [-0.15, -0.1) is 0 Å². The number of benzene rings is 2. The van der Waals surface area contributed by atoms with Crippen molar-refractivity contribution in [2.24, 2.45) is 0 Å². The van der Waals surface area contributed by atoms with Crippen molar-refractivity contribution in [3.05, 3.63) is 46.4 Å². The number of ether oxygens (including phenoxy) is 2. The van der Waals surface area contributed by atoms with Crippen molar-refractivity contribution in [3.63, 3.8) is 0 Å². The first-order valence-electron chi connectivity index (χ1n) is 9.65. The van der Waals surface area contributed by atoms with Crippen molar-refractivity contribution in [2.45, 2.75) is 23.6 Å². The maximum atomic E-state index is 6.47. The highest BCUT2D eigenvalue weighted by atomic mass is 35.5. The molecule has 0 spiro atoms. The normalized spacial score (nSPS) is 19.7. The van der Waals surface area contributed by atoms with Crippen LogP contribution in [0.4, 0.5) is 5.69 Å². The Bertz CT molecular complexity index is 816. The number of para-hydroxylation sites is 1. The van der Waals surface area contributed by atoms with Crippen LogP contribution in [0, 0.1) is 0 Å². The van der Waals surface area contributed by atoms with Gasteiger partial charge in [-0.2, -0.15) is 0 Å². The number of rotatable bonds is 5. The van der Waals surface area contributed by atoms with Gasteiger partial charge in [-0.1, -0.05) is 54.0 Å². The molecule has 150 valence electrons. The van der Waals surface area contributed by atoms with Crippen LogP contribution in [0.1, 0.15) is 13.3 Å². The maximum absolute atomic E-state index is 6.47. The van der Waals surface area contributed by atoms with Gasteiger partial charge in [0, 0.05) is 24.5 Å². The summed E-state index contributed by atoms with van der Waals surface area (Å²) in [5.74, 6) is 1.66. The van der Waals surface area contributed by atoms with E-state index in [1.807, 2.05) is 30.3 Å². The van der Waals surface area contributed by atoms with Gasteiger partial charge in [0.2, 0.25) is 0 Å². The fourth-order valence-corrected chi connectivity index (χ4v) is 5.64. The van der Waals surface area contributed by atoms with E-state index in [0.29, 0.717) is 23.3 Å². The van der Waals surface area contributed by atoms with Crippen molar-refractivity contribution >= 4 is 40.7 Å². The number of hydrogen-bond acceptors (Lipinski definition) is 5. The minimum atomic E-state index is 0.176. The van der Waals surface area contributed by atoms with Gasteiger partial charge in [-0.3, -0.25) is 4.90 Å². The standard InChI is InChI=1S/C21H24Cl2N2O2S/c1-2-9-24-10-11-25(17-7-4-8-18-20(17)27-13-12-26-18)19(14-24)28-21-15(22)5-3-6-16(21)23/h3-8,19H,2,9-14H2,1H3. The highest BCUT2D eigenvalue weighted by Crippen LogP contribution is 2.44. The van der Waals surface area contributed by atoms with E-state index in [9.17, 15) is 0 Å². The molecule has 0 aromatic heterocycles. The van der Waals surface area contributed by atoms with Crippen molar-refractivity contribution in [2.75, 3.05) is 44.3 Å². The summed E-state index contributed by atoms with van der Waals surface area (Å²) in [7, 11) is 0. The predicted octanol–water partition coefficient (Wildman–Crippen LogP) is 5.42. The minimum Gasteiger partial charge on any atom is -0.486 e. The lowest BCUT2D eigenvalue weighted by Crippen LogP contribution is -2.52. The predicted molar refractivity (Wildman–Crippen MR) is 118 cm³/mol. The van der Waals surface area contributed by atoms with Crippen molar-refractivity contribution in [3.8, 4) is 11.5 Å². The smallest absolute Gasteiger partial charge is 0.184 e. The molecule has 2 aliphatic rings. The van der Waals surface area contributed by atoms with Crippen LogP contribution in [0.3, 0.4) is 0 Å². The zero-order chi connectivity index (χ0) is 19.5. The molecule has 2 aromatic rings. The minimum absolute atomic E-state index is 0.176. The first-order valence-corrected chi connectivity index (χ1v) is 11.3. The third kappa shape index (κ3) is 4.18. The molecule has 0 aliphatic carbocycles. The molecule has 2 aliphatic heterocycles. The number of hydrogen-bond donors (Lipinski definition) is 0. The van der Waals surface area contributed by atoms with Crippen LogP contribution >= 0.6 is 35.0 Å². The zero-order valence-corrected chi connectivity index (χ0v) is 18.2. The van der Waals surface area contributed by atoms with E-state index in [4.69, 9.17) is 32.7 Å². The van der Waals surface area contributed by atoms with Gasteiger partial charge >= 0.3 is 0 Å². The second-order valence-electron chi connectivity index (χ2n) is 6.92. The van der Waals surface area contributed by atoms with Crippen molar-refractivity contribution < 1.29 is 9.47 Å². The van der Waals surface area contributed by atoms with Crippen LogP contribution in [-0.4, -0.2) is 49.7 Å². The Morgan fingerprint density at radius 1 is 1.04 bits per heavy atom. The Hall–Kier alpha value is -1.27. The molecule has 1 atom stereocenters. The summed E-state index contributed by atoms with van der Waals surface area (Å²) >= 11 is 14.7. The lowest BCUT2D eigenvalue weighted by atomic mass is 10.2. The Labute approximate surface area is 180 Å². The van der Waals surface area contributed by atoms with Gasteiger partial charge in [-0.25, -0.2) is 0 Å². The van der Waals surface area contributed by atoms with E-state index in [1.54, 1.807) is 11.8 Å². The van der Waals surface area contributed by atoms with Gasteiger partial charge in [-0.05, 0) is 37.2 Å². The number of anilines is 1. The number of fused-ring (bicyclic) bond motifs is 1. The molecule has 4 rings (SSSR count). The average molecular weight is 439 g/mol. The van der Waals surface area contributed by atoms with Gasteiger partial charge in [0.1, 0.15) is 13.2 Å². The van der Waals surface area contributed by atoms with E-state index in [-0.39, 0.29) is 5.37 Å². The second-order valence-corrected chi connectivity index (χ2v) is 8.92. The van der Waals surface area contributed by atoms with Gasteiger partial charge in [0.15, 0.2) is 11.5 Å². The van der Waals surface area contributed by atoms with Gasteiger partial charge < -0.3 is 14.4 Å². The van der Waals surface area contributed by atoms with E-state index in [2.05, 4.69) is 22.8 Å². The van der Waals surface area contributed by atoms with Crippen LogP contribution in [0.5, 0.6) is 11.5 Å². The fourth-order valence-electron chi connectivity index (χ4n) is 3.72. The van der Waals surface area contributed by atoms with E-state index < -0.39 is 0 Å². The molecule has 0 saturated carbocycles. The number of halogens is 2. The highest BCUT2D eigenvalue weighted by molar-refractivity contribution is 8.00. The topological polar surface area (TPSA) is 24.9 Å². The highest BCUT2D eigenvalue weighted by Gasteiger charge is 2.32. The molecule has 1 fully saturated rings. The zero-order valence-electron chi connectivity index (χ0n) is 15.9. The van der Waals surface area contributed by atoms with Crippen LogP contribution in [-0.2, 0) is 0 Å². The van der Waals surface area contributed by atoms with Crippen LogP contribution < -0.4 is 14.4 Å². The van der Waals surface area contributed by atoms with Crippen LogP contribution in [0.25, 0.3) is 0 Å². The summed E-state index contributed by atoms with van der Waals surface area (Å²) in [4.78, 5) is 5.84. The van der Waals surface area contributed by atoms with Crippen LogP contribution in [0.15, 0.2) is 41.3 Å². The summed E-state index contributed by atoms with van der Waals surface area (Å²) < 4.78 is 11.8. The fraction of sp³-hybridized carbons (Fsp3) is 0.429. The maximum Gasteiger partial charge on any atom is 0.184 e. The average Bonchev–Trinajstić information content (AvgIpc) is 2.71. The molecule has 7 heteroatoms. The molecule has 28 heavy (non-hydrogen) atoms. The summed E-state index contributed by atoms with van der Waals surface area (Å²) in [6, 6.07) is 11.8. The summed E-state index contributed by atoms with van der Waals surface area (Å²) in [5, 5.41) is 1.56. The summed E-state index contributed by atoms with van der Waals surface area (Å²) in [6.07, 6.45) is 1.14. The number of thioether (sulfide) groups is 1. The molecule has 0 N–H and O–H groups in total. The SMILES string of the molecule is CCCN1CCN(c2cccc3c2OCCO3)C(Sc2c(Cl)cccc2Cl)C1. The molecule has 4 nitrogen and oxygen atoms in total. The Morgan fingerprint density at radius 2 is 1.79 bits per heavy atom. The molecule has 2 heterocycles. The van der Waals surface area contributed by atoms with Gasteiger partial charge in [0.05, 0.1) is 21.1 Å². The third-order valence-corrected chi connectivity index (χ3v) is 7.19. The van der Waals surface area contributed by atoms with E-state index in [0.717, 1.165) is 54.7 Å². The second kappa shape index (κ2) is 9.04. The molecule has 1 unspecified atom stereocenters. The molecule has 0 bridgehead atoms. The molecule has 0 amide bonds. The first-order chi connectivity index (χ1) is 13.7. The van der Waals surface area contributed by atoms with E-state index >= 15 is 0 Å². The third-order valence-electron chi connectivity index (χ3n) is 4.99. The van der Waals surface area contributed by atoms with Gasteiger partial charge in [0.25, 0.3) is 0 Å². The number of piperazine rings is 1. The molecule has 2 aromatic carbocycles. The molecule has 0 radical (unpaired) electrons. The first kappa shape index (κ1) is 20.0. The van der Waals surface area contributed by atoms with E-state index in [1.165, 1.54) is 0 Å². The largest absolute Gasteiger partial charge is 0.486 e. The number of nitrogens with zero attached hydrogens (tertiary/aromatic N) is 2. The quantitative estimate of drug-likeness (QED) is 0.620.